The highest BCUT2D eigenvalue weighted by Crippen LogP contribution is 2.32. The van der Waals surface area contributed by atoms with E-state index in [4.69, 9.17) is 21.1 Å². The maximum Gasteiger partial charge on any atom is 0.373 e. The first-order valence-corrected chi connectivity index (χ1v) is 6.27. The summed E-state index contributed by atoms with van der Waals surface area (Å²) < 4.78 is 10.7. The molecule has 1 aromatic carbocycles. The second-order valence-electron chi connectivity index (χ2n) is 4.42. The first-order chi connectivity index (χ1) is 8.56. The number of hydrogen-bond donors (Lipinski definition) is 0. The van der Waals surface area contributed by atoms with Crippen molar-refractivity contribution >= 4 is 17.6 Å². The van der Waals surface area contributed by atoms with E-state index in [2.05, 4.69) is 0 Å². The minimum atomic E-state index is -0.408. The molecular formula is C14H15ClO3. The molecule has 1 aliphatic heterocycles. The van der Waals surface area contributed by atoms with Gasteiger partial charge < -0.3 is 9.47 Å². The summed E-state index contributed by atoms with van der Waals surface area (Å²) in [5.41, 5.74) is 0.964. The summed E-state index contributed by atoms with van der Waals surface area (Å²) in [6.07, 6.45) is 2.12. The lowest BCUT2D eigenvalue weighted by Crippen LogP contribution is -2.14. The number of benzene rings is 1. The molecule has 0 radical (unpaired) electrons. The van der Waals surface area contributed by atoms with Gasteiger partial charge in [0, 0.05) is 11.4 Å². The molecule has 18 heavy (non-hydrogen) atoms. The standard InChI is InChI=1S/C14H15ClO3/c1-9(2)17-14(16)13-7-6-12(18-13)10-4-3-5-11(15)8-10/h3-5,7-9,12H,6H2,1-2H3. The van der Waals surface area contributed by atoms with Gasteiger partial charge in [0.05, 0.1) is 6.10 Å². The van der Waals surface area contributed by atoms with Gasteiger partial charge in [-0.1, -0.05) is 23.7 Å². The molecule has 0 fully saturated rings. The molecule has 3 nitrogen and oxygen atoms in total. The van der Waals surface area contributed by atoms with Crippen molar-refractivity contribution in [2.45, 2.75) is 32.5 Å². The number of ether oxygens (including phenoxy) is 2. The number of carbonyl (C=O) groups excluding carboxylic acids is 1. The molecule has 1 aliphatic rings. The van der Waals surface area contributed by atoms with E-state index >= 15 is 0 Å². The highest BCUT2D eigenvalue weighted by molar-refractivity contribution is 6.30. The summed E-state index contributed by atoms with van der Waals surface area (Å²) in [6.45, 7) is 3.61. The van der Waals surface area contributed by atoms with Gasteiger partial charge >= 0.3 is 5.97 Å². The number of hydrogen-bond acceptors (Lipinski definition) is 3. The number of halogens is 1. The quantitative estimate of drug-likeness (QED) is 0.784. The van der Waals surface area contributed by atoms with Gasteiger partial charge in [0.25, 0.3) is 0 Å². The Balaban J connectivity index is 2.01. The molecule has 0 spiro atoms. The third kappa shape index (κ3) is 3.05. The maximum atomic E-state index is 11.7. The maximum absolute atomic E-state index is 11.7. The zero-order chi connectivity index (χ0) is 13.1. The average Bonchev–Trinajstić information content (AvgIpc) is 2.77. The van der Waals surface area contributed by atoms with Crippen LogP contribution >= 0.6 is 11.6 Å². The van der Waals surface area contributed by atoms with E-state index in [0.717, 1.165) is 5.56 Å². The summed E-state index contributed by atoms with van der Waals surface area (Å²) in [5.74, 6) is -0.122. The van der Waals surface area contributed by atoms with Crippen LogP contribution in [0.2, 0.25) is 5.02 Å². The van der Waals surface area contributed by atoms with E-state index < -0.39 is 5.97 Å². The van der Waals surface area contributed by atoms with Gasteiger partial charge in [0.1, 0.15) is 6.10 Å². The van der Waals surface area contributed by atoms with Crippen LogP contribution in [-0.4, -0.2) is 12.1 Å². The number of carbonyl (C=O) groups is 1. The van der Waals surface area contributed by atoms with Gasteiger partial charge in [-0.2, -0.15) is 0 Å². The Morgan fingerprint density at radius 3 is 2.94 bits per heavy atom. The van der Waals surface area contributed by atoms with Gasteiger partial charge in [-0.15, -0.1) is 0 Å². The fourth-order valence-electron chi connectivity index (χ4n) is 1.78. The summed E-state index contributed by atoms with van der Waals surface area (Å²) in [4.78, 5) is 11.7. The largest absolute Gasteiger partial charge is 0.478 e. The highest BCUT2D eigenvalue weighted by Gasteiger charge is 2.26. The second kappa shape index (κ2) is 5.44. The van der Waals surface area contributed by atoms with Crippen LogP contribution in [0, 0.1) is 0 Å². The molecule has 0 saturated carbocycles. The molecule has 1 unspecified atom stereocenters. The predicted molar refractivity (Wildman–Crippen MR) is 69.2 cm³/mol. The van der Waals surface area contributed by atoms with Crippen LogP contribution in [0.3, 0.4) is 0 Å². The monoisotopic (exact) mass is 266 g/mol. The minimum absolute atomic E-state index is 0.146. The Morgan fingerprint density at radius 1 is 1.50 bits per heavy atom. The third-order valence-electron chi connectivity index (χ3n) is 2.55. The topological polar surface area (TPSA) is 35.5 Å². The average molecular weight is 267 g/mol. The van der Waals surface area contributed by atoms with Gasteiger partial charge in [-0.05, 0) is 37.6 Å². The molecule has 0 aliphatic carbocycles. The molecular weight excluding hydrogens is 252 g/mol. The van der Waals surface area contributed by atoms with Crippen molar-refractivity contribution < 1.29 is 14.3 Å². The molecule has 0 N–H and O–H groups in total. The molecule has 0 amide bonds. The van der Waals surface area contributed by atoms with E-state index in [9.17, 15) is 4.79 Å². The smallest absolute Gasteiger partial charge is 0.373 e. The van der Waals surface area contributed by atoms with E-state index in [1.807, 2.05) is 32.0 Å². The molecule has 1 aromatic rings. The summed E-state index contributed by atoms with van der Waals surface area (Å²) in [5, 5.41) is 0.661. The third-order valence-corrected chi connectivity index (χ3v) is 2.79. The second-order valence-corrected chi connectivity index (χ2v) is 4.86. The summed E-state index contributed by atoms with van der Waals surface area (Å²) in [7, 11) is 0. The fraction of sp³-hybridized carbons (Fsp3) is 0.357. The van der Waals surface area contributed by atoms with Crippen LogP contribution in [0.15, 0.2) is 36.1 Å². The van der Waals surface area contributed by atoms with Crippen LogP contribution in [0.5, 0.6) is 0 Å². The molecule has 4 heteroatoms. The summed E-state index contributed by atoms with van der Waals surface area (Å²) >= 11 is 5.93. The van der Waals surface area contributed by atoms with Gasteiger partial charge in [-0.3, -0.25) is 0 Å². The lowest BCUT2D eigenvalue weighted by atomic mass is 10.1. The fourth-order valence-corrected chi connectivity index (χ4v) is 1.98. The molecule has 2 rings (SSSR count). The molecule has 1 heterocycles. The van der Waals surface area contributed by atoms with Crippen molar-refractivity contribution in [1.82, 2.24) is 0 Å². The first-order valence-electron chi connectivity index (χ1n) is 5.89. The normalized spacial score (nSPS) is 18.4. The number of rotatable bonds is 3. The van der Waals surface area contributed by atoms with Crippen LogP contribution in [0.25, 0.3) is 0 Å². The molecule has 0 saturated heterocycles. The Morgan fingerprint density at radius 2 is 2.28 bits per heavy atom. The van der Waals surface area contributed by atoms with Crippen molar-refractivity contribution in [3.05, 3.63) is 46.7 Å². The van der Waals surface area contributed by atoms with Crippen molar-refractivity contribution in [2.75, 3.05) is 0 Å². The molecule has 0 bridgehead atoms. The van der Waals surface area contributed by atoms with Crippen molar-refractivity contribution in [1.29, 1.82) is 0 Å². The van der Waals surface area contributed by atoms with Crippen molar-refractivity contribution in [3.63, 3.8) is 0 Å². The van der Waals surface area contributed by atoms with Gasteiger partial charge in [-0.25, -0.2) is 4.79 Å². The lowest BCUT2D eigenvalue weighted by molar-refractivity contribution is -0.147. The molecule has 96 valence electrons. The van der Waals surface area contributed by atoms with Crippen LogP contribution < -0.4 is 0 Å². The van der Waals surface area contributed by atoms with Crippen LogP contribution in [0.4, 0.5) is 0 Å². The minimum Gasteiger partial charge on any atom is -0.478 e. The Labute approximate surface area is 111 Å². The van der Waals surface area contributed by atoms with E-state index in [1.165, 1.54) is 0 Å². The van der Waals surface area contributed by atoms with Crippen molar-refractivity contribution in [2.24, 2.45) is 0 Å². The van der Waals surface area contributed by atoms with Gasteiger partial charge in [0.2, 0.25) is 5.76 Å². The molecule has 1 atom stereocenters. The first kappa shape index (κ1) is 13.0. The Hall–Kier alpha value is -1.48. The van der Waals surface area contributed by atoms with E-state index in [1.54, 1.807) is 12.1 Å². The van der Waals surface area contributed by atoms with E-state index in [-0.39, 0.29) is 18.0 Å². The highest BCUT2D eigenvalue weighted by atomic mass is 35.5. The predicted octanol–water partition coefficient (Wildman–Crippen LogP) is 3.64. The number of esters is 1. The molecule has 0 aromatic heterocycles. The Bertz CT molecular complexity index is 480. The zero-order valence-corrected chi connectivity index (χ0v) is 11.1. The lowest BCUT2D eigenvalue weighted by Gasteiger charge is -2.14. The van der Waals surface area contributed by atoms with Crippen molar-refractivity contribution in [3.8, 4) is 0 Å². The SMILES string of the molecule is CC(C)OC(=O)C1=CCC(c2cccc(Cl)c2)O1. The summed E-state index contributed by atoms with van der Waals surface area (Å²) in [6, 6.07) is 7.45. The van der Waals surface area contributed by atoms with Crippen LogP contribution in [-0.2, 0) is 14.3 Å². The Kier molecular flexibility index (Phi) is 3.92. The van der Waals surface area contributed by atoms with E-state index in [0.29, 0.717) is 11.4 Å². The van der Waals surface area contributed by atoms with Gasteiger partial charge in [0.15, 0.2) is 0 Å². The van der Waals surface area contributed by atoms with Crippen LogP contribution in [0.1, 0.15) is 31.9 Å². The zero-order valence-electron chi connectivity index (χ0n) is 10.4.